The lowest BCUT2D eigenvalue weighted by Crippen LogP contribution is -2.62. The first-order valence-electron chi connectivity index (χ1n) is 21.8. The van der Waals surface area contributed by atoms with Gasteiger partial charge in [0.1, 0.15) is 18.1 Å². The van der Waals surface area contributed by atoms with E-state index in [1.807, 2.05) is 37.6 Å². The van der Waals surface area contributed by atoms with E-state index in [0.29, 0.717) is 37.2 Å². The number of amides is 3. The summed E-state index contributed by atoms with van der Waals surface area (Å²) in [7, 11) is -0.0927. The Bertz CT molecular complexity index is 2530. The molecule has 0 spiro atoms. The number of hydrogen-bond donors (Lipinski definition) is 2. The SMILES string of the molecule is C=CS(=O)(=O)N1CC[C@H](C(=O)N(C)[C@H](C(=O)N[C@H]2Cc3nc(cs3)-c3ccc4c(c3)c(c(-c3cccnc3C(C)C)n4C)CC(C)(C)COC(=O)[C@@H]3CCCN(N3)C2=O)C(C)C)C1. The first-order chi connectivity index (χ1) is 29.8. The van der Waals surface area contributed by atoms with Crippen molar-refractivity contribution >= 4 is 56.0 Å². The van der Waals surface area contributed by atoms with Crippen LogP contribution in [0.15, 0.2) is 53.9 Å². The molecule has 4 aromatic rings. The number of aryl methyl sites for hydroxylation is 1. The maximum absolute atomic E-state index is 14.6. The van der Waals surface area contributed by atoms with E-state index in [-0.39, 0.29) is 43.9 Å². The number of pyridine rings is 1. The Morgan fingerprint density at radius 1 is 1.13 bits per heavy atom. The number of rotatable bonds is 9. The van der Waals surface area contributed by atoms with Gasteiger partial charge in [-0.1, -0.05) is 54.2 Å². The van der Waals surface area contributed by atoms with Crippen LogP contribution in [0, 0.1) is 17.3 Å². The van der Waals surface area contributed by atoms with Crippen LogP contribution in [-0.4, -0.2) is 112 Å². The van der Waals surface area contributed by atoms with Gasteiger partial charge in [0.15, 0.2) is 0 Å². The normalized spacial score (nSPS) is 21.6. The minimum Gasteiger partial charge on any atom is -0.464 e. The van der Waals surface area contributed by atoms with Crippen molar-refractivity contribution < 1.29 is 32.3 Å². The van der Waals surface area contributed by atoms with Gasteiger partial charge in [-0.15, -0.1) is 11.3 Å². The second-order valence-corrected chi connectivity index (χ2v) is 21.4. The molecular weight excluding hydrogens is 841 g/mol. The summed E-state index contributed by atoms with van der Waals surface area (Å²) in [6, 6.07) is 7.52. The van der Waals surface area contributed by atoms with Gasteiger partial charge in [0.05, 0.1) is 34.6 Å². The summed E-state index contributed by atoms with van der Waals surface area (Å²) >= 11 is 1.39. The van der Waals surface area contributed by atoms with Crippen molar-refractivity contribution in [2.75, 3.05) is 33.3 Å². The van der Waals surface area contributed by atoms with Crippen LogP contribution < -0.4 is 10.7 Å². The molecule has 3 amide bonds. The third-order valence-corrected chi connectivity index (χ3v) is 14.9. The highest BCUT2D eigenvalue weighted by atomic mass is 32.2. The first-order valence-corrected chi connectivity index (χ1v) is 24.1. The van der Waals surface area contributed by atoms with Crippen LogP contribution in [0.3, 0.4) is 0 Å². The molecule has 4 atom stereocenters. The minimum absolute atomic E-state index is 0.0115. The third-order valence-electron chi connectivity index (χ3n) is 12.5. The number of carbonyl (C=O) groups excluding carboxylic acids is 4. The van der Waals surface area contributed by atoms with Crippen LogP contribution in [0.2, 0.25) is 0 Å². The fourth-order valence-corrected chi connectivity index (χ4v) is 11.1. The number of nitrogens with zero attached hydrogens (tertiary/aromatic N) is 6. The molecule has 2 N–H and O–H groups in total. The fourth-order valence-electron chi connectivity index (χ4n) is 9.27. The van der Waals surface area contributed by atoms with Crippen molar-refractivity contribution in [3.8, 4) is 22.5 Å². The average Bonchev–Trinajstić information content (AvgIpc) is 4.00. The highest BCUT2D eigenvalue weighted by molar-refractivity contribution is 7.92. The van der Waals surface area contributed by atoms with E-state index in [1.165, 1.54) is 32.6 Å². The number of fused-ring (bicyclic) bond motifs is 6. The molecule has 7 rings (SSSR count). The Hall–Kier alpha value is -4.97. The predicted octanol–water partition coefficient (Wildman–Crippen LogP) is 5.41. The Labute approximate surface area is 374 Å². The number of aromatic nitrogens is 3. The van der Waals surface area contributed by atoms with Crippen LogP contribution in [-0.2, 0) is 53.8 Å². The average molecular weight is 901 g/mol. The predicted molar refractivity (Wildman–Crippen MR) is 243 cm³/mol. The summed E-state index contributed by atoms with van der Waals surface area (Å²) in [5, 5.41) is 8.87. The van der Waals surface area contributed by atoms with Crippen LogP contribution in [0.1, 0.15) is 83.0 Å². The van der Waals surface area contributed by atoms with Gasteiger partial charge >= 0.3 is 5.97 Å². The Morgan fingerprint density at radius 3 is 2.60 bits per heavy atom. The molecule has 338 valence electrons. The molecule has 15 nitrogen and oxygen atoms in total. The molecule has 6 heterocycles. The van der Waals surface area contributed by atoms with Gasteiger partial charge in [0, 0.05) is 84.6 Å². The Balaban J connectivity index is 1.25. The topological polar surface area (TPSA) is 176 Å². The number of hydrogen-bond acceptors (Lipinski definition) is 11. The molecule has 3 aliphatic rings. The van der Waals surface area contributed by atoms with Crippen molar-refractivity contribution in [1.29, 1.82) is 0 Å². The Kier molecular flexibility index (Phi) is 13.3. The summed E-state index contributed by atoms with van der Waals surface area (Å²) in [5.74, 6) is -2.63. The van der Waals surface area contributed by atoms with E-state index in [0.717, 1.165) is 50.1 Å². The summed E-state index contributed by atoms with van der Waals surface area (Å²) in [5.41, 5.74) is 9.52. The van der Waals surface area contributed by atoms with E-state index in [1.54, 1.807) is 0 Å². The van der Waals surface area contributed by atoms with Crippen LogP contribution in [0.4, 0.5) is 0 Å². The molecule has 0 aliphatic carbocycles. The number of sulfonamides is 1. The number of thiazole rings is 1. The van der Waals surface area contributed by atoms with Crippen LogP contribution >= 0.6 is 11.3 Å². The van der Waals surface area contributed by atoms with Gasteiger partial charge in [-0.2, -0.15) is 4.31 Å². The van der Waals surface area contributed by atoms with Gasteiger partial charge in [0.2, 0.25) is 21.8 Å². The highest BCUT2D eigenvalue weighted by Gasteiger charge is 2.41. The molecule has 0 saturated carbocycles. The second kappa shape index (κ2) is 18.3. The molecule has 0 unspecified atom stereocenters. The van der Waals surface area contributed by atoms with Gasteiger partial charge in [-0.05, 0) is 67.3 Å². The first kappa shape index (κ1) is 46.0. The zero-order valence-electron chi connectivity index (χ0n) is 37.5. The maximum Gasteiger partial charge on any atom is 0.324 e. The summed E-state index contributed by atoms with van der Waals surface area (Å²) in [4.78, 5) is 67.8. The van der Waals surface area contributed by atoms with Crippen LogP contribution in [0.5, 0.6) is 0 Å². The lowest BCUT2D eigenvalue weighted by molar-refractivity contribution is -0.155. The molecule has 3 aliphatic heterocycles. The number of benzene rings is 1. The molecule has 17 heteroatoms. The van der Waals surface area contributed by atoms with Gasteiger partial charge < -0.3 is 19.5 Å². The van der Waals surface area contributed by atoms with E-state index in [9.17, 15) is 27.6 Å². The molecule has 0 radical (unpaired) electrons. The maximum atomic E-state index is 14.6. The largest absolute Gasteiger partial charge is 0.464 e. The lowest BCUT2D eigenvalue weighted by atomic mass is 9.84. The van der Waals surface area contributed by atoms with E-state index in [2.05, 4.69) is 74.8 Å². The monoisotopic (exact) mass is 900 g/mol. The van der Waals surface area contributed by atoms with E-state index < -0.39 is 57.3 Å². The van der Waals surface area contributed by atoms with Crippen molar-refractivity contribution in [3.63, 3.8) is 0 Å². The molecule has 3 aromatic heterocycles. The molecular formula is C46H60N8O7S2. The number of esters is 1. The molecule has 2 fully saturated rings. The fraction of sp³-hybridized carbons (Fsp3) is 0.522. The van der Waals surface area contributed by atoms with Gasteiger partial charge in [-0.25, -0.2) is 18.8 Å². The molecule has 1 aromatic carbocycles. The number of likely N-dealkylation sites (N-methyl/N-ethyl adjacent to an activating group) is 1. The zero-order valence-corrected chi connectivity index (χ0v) is 39.1. The zero-order chi connectivity index (χ0) is 45.5. The number of cyclic esters (lactones) is 1. The molecule has 2 saturated heterocycles. The number of nitrogens with one attached hydrogen (secondary N) is 2. The van der Waals surface area contributed by atoms with Crippen molar-refractivity contribution in [2.24, 2.45) is 24.3 Å². The summed E-state index contributed by atoms with van der Waals surface area (Å²) in [6.07, 6.45) is 3.78. The van der Waals surface area contributed by atoms with Gasteiger partial charge in [0.25, 0.3) is 5.91 Å². The lowest BCUT2D eigenvalue weighted by Gasteiger charge is -2.36. The van der Waals surface area contributed by atoms with Crippen LogP contribution in [0.25, 0.3) is 33.4 Å². The van der Waals surface area contributed by atoms with Crippen molar-refractivity contribution in [1.82, 2.24) is 39.5 Å². The standard InChI is InChI=1S/C46H60N8O7S2/c1-10-63(59,60)53-20-17-30(24-53)43(56)52(9)40(28(4)5)42(55)49-35-22-38-48-36(25-62-38)29-15-16-37-32(21-29)33(41(51(37)8)31-13-11-18-47-39(31)27(2)3)23-46(6,7)26-61-45(58)34-14-12-19-54(50-34)44(35)57/h10-11,13,15-16,18,21,25,27-28,30,34-35,40,50H,1,12,14,17,19-20,22-24,26H2,2-9H3,(H,49,55)/t30-,34-,35-,40-/m0/s1. The summed E-state index contributed by atoms with van der Waals surface area (Å²) < 4.78 is 34.4. The van der Waals surface area contributed by atoms with E-state index in [4.69, 9.17) is 14.7 Å². The van der Waals surface area contributed by atoms with E-state index >= 15 is 0 Å². The third kappa shape index (κ3) is 9.47. The van der Waals surface area contributed by atoms with Crippen molar-refractivity contribution in [3.05, 3.63) is 70.2 Å². The minimum atomic E-state index is -3.71. The van der Waals surface area contributed by atoms with Gasteiger partial charge in [-0.3, -0.25) is 29.2 Å². The Morgan fingerprint density at radius 2 is 1.89 bits per heavy atom. The molecule has 63 heavy (non-hydrogen) atoms. The number of ether oxygens (including phenoxy) is 1. The quantitative estimate of drug-likeness (QED) is 0.207. The smallest absolute Gasteiger partial charge is 0.324 e. The van der Waals surface area contributed by atoms with Crippen molar-refractivity contribution in [2.45, 2.75) is 97.7 Å². The summed E-state index contributed by atoms with van der Waals surface area (Å²) in [6.45, 7) is 16.1. The second-order valence-electron chi connectivity index (χ2n) is 18.6. The highest BCUT2D eigenvalue weighted by Crippen LogP contribution is 2.41. The number of hydrazine groups is 1. The number of carbonyl (C=O) groups is 4. The molecule has 6 bridgehead atoms.